The van der Waals surface area contributed by atoms with Gasteiger partial charge in [-0.1, -0.05) is 12.1 Å². The Labute approximate surface area is 106 Å². The number of fused-ring (bicyclic) bond motifs is 1. The number of nitrogens with one attached hydrogen (secondary N) is 1. The third-order valence-corrected chi connectivity index (χ3v) is 2.75. The molecule has 0 saturated heterocycles. The Morgan fingerprint density at radius 1 is 1.50 bits per heavy atom. The predicted octanol–water partition coefficient (Wildman–Crippen LogP) is 0.713. The molecule has 2 rings (SSSR count). The average Bonchev–Trinajstić information content (AvgIpc) is 2.38. The number of carbonyl (C=O) groups is 1. The number of aliphatic hydroxyl groups is 1. The third kappa shape index (κ3) is 2.92. The van der Waals surface area contributed by atoms with Crippen LogP contribution in [0.4, 0.5) is 0 Å². The van der Waals surface area contributed by atoms with E-state index in [2.05, 4.69) is 5.32 Å². The average molecular weight is 251 g/mol. The van der Waals surface area contributed by atoms with E-state index in [0.29, 0.717) is 17.9 Å². The molecule has 1 heterocycles. The van der Waals surface area contributed by atoms with E-state index < -0.39 is 6.10 Å². The Bertz CT molecular complexity index is 421. The first-order valence-electron chi connectivity index (χ1n) is 6.00. The number of ether oxygens (including phenoxy) is 2. The molecule has 1 amide bonds. The largest absolute Gasteiger partial charge is 0.485 e. The van der Waals surface area contributed by atoms with E-state index in [1.54, 1.807) is 12.1 Å². The summed E-state index contributed by atoms with van der Waals surface area (Å²) in [7, 11) is 0. The standard InChI is InChI=1S/C13H17NO4/c1-9(6-7-15)14-13(16)12-8-17-10-4-2-3-5-11(10)18-12/h2-5,9,12,15H,6-8H2,1H3,(H,14,16)/t9-,12+/m1/s1. The maximum Gasteiger partial charge on any atom is 0.264 e. The fourth-order valence-corrected chi connectivity index (χ4v) is 1.75. The monoisotopic (exact) mass is 251 g/mol. The topological polar surface area (TPSA) is 67.8 Å². The van der Waals surface area contributed by atoms with Gasteiger partial charge in [-0.3, -0.25) is 4.79 Å². The van der Waals surface area contributed by atoms with Gasteiger partial charge in [0.05, 0.1) is 0 Å². The SMILES string of the molecule is C[C@H](CCO)NC(=O)[C@@H]1COc2ccccc2O1. The van der Waals surface area contributed by atoms with Crippen LogP contribution in [0, 0.1) is 0 Å². The van der Waals surface area contributed by atoms with Gasteiger partial charge in [0, 0.05) is 12.6 Å². The molecular formula is C13H17NO4. The molecule has 5 heteroatoms. The molecule has 0 unspecified atom stereocenters. The van der Waals surface area contributed by atoms with E-state index in [1.807, 2.05) is 19.1 Å². The second-order valence-electron chi connectivity index (χ2n) is 4.29. The summed E-state index contributed by atoms with van der Waals surface area (Å²) in [6.45, 7) is 2.09. The summed E-state index contributed by atoms with van der Waals surface area (Å²) in [5, 5.41) is 11.6. The van der Waals surface area contributed by atoms with Crippen LogP contribution < -0.4 is 14.8 Å². The van der Waals surface area contributed by atoms with Crippen molar-refractivity contribution in [1.29, 1.82) is 0 Å². The molecule has 0 fully saturated rings. The summed E-state index contributed by atoms with van der Waals surface area (Å²) in [5.74, 6) is 1.02. The zero-order chi connectivity index (χ0) is 13.0. The Balaban J connectivity index is 1.94. The van der Waals surface area contributed by atoms with Crippen LogP contribution in [-0.4, -0.2) is 36.4 Å². The molecule has 1 aromatic rings. The lowest BCUT2D eigenvalue weighted by Crippen LogP contribution is -2.47. The van der Waals surface area contributed by atoms with E-state index in [9.17, 15) is 4.79 Å². The van der Waals surface area contributed by atoms with Crippen molar-refractivity contribution in [3.63, 3.8) is 0 Å². The van der Waals surface area contributed by atoms with Crippen molar-refractivity contribution in [2.75, 3.05) is 13.2 Å². The molecule has 0 saturated carbocycles. The third-order valence-electron chi connectivity index (χ3n) is 2.75. The lowest BCUT2D eigenvalue weighted by molar-refractivity contribution is -0.131. The number of hydrogen-bond acceptors (Lipinski definition) is 4. The van der Waals surface area contributed by atoms with Crippen LogP contribution >= 0.6 is 0 Å². The molecule has 1 aromatic carbocycles. The number of amides is 1. The van der Waals surface area contributed by atoms with E-state index in [4.69, 9.17) is 14.6 Å². The normalized spacial score (nSPS) is 19.1. The minimum atomic E-state index is -0.638. The molecule has 0 aliphatic carbocycles. The summed E-state index contributed by atoms with van der Waals surface area (Å²) >= 11 is 0. The second kappa shape index (κ2) is 5.73. The molecule has 0 bridgehead atoms. The molecule has 0 spiro atoms. The van der Waals surface area contributed by atoms with Gasteiger partial charge in [-0.05, 0) is 25.5 Å². The minimum Gasteiger partial charge on any atom is -0.485 e. The molecule has 5 nitrogen and oxygen atoms in total. The first-order valence-corrected chi connectivity index (χ1v) is 6.00. The van der Waals surface area contributed by atoms with Crippen LogP contribution in [0.25, 0.3) is 0 Å². The highest BCUT2D eigenvalue weighted by molar-refractivity contribution is 5.82. The summed E-state index contributed by atoms with van der Waals surface area (Å²) in [5.41, 5.74) is 0. The van der Waals surface area contributed by atoms with Gasteiger partial charge in [0.2, 0.25) is 6.10 Å². The smallest absolute Gasteiger partial charge is 0.264 e. The number of benzene rings is 1. The van der Waals surface area contributed by atoms with Crippen LogP contribution in [0.5, 0.6) is 11.5 Å². The summed E-state index contributed by atoms with van der Waals surface area (Å²) in [6, 6.07) is 7.18. The first-order chi connectivity index (χ1) is 8.70. The van der Waals surface area contributed by atoms with E-state index in [0.717, 1.165) is 0 Å². The fraction of sp³-hybridized carbons (Fsp3) is 0.462. The highest BCUT2D eigenvalue weighted by Crippen LogP contribution is 2.30. The molecule has 2 N–H and O–H groups in total. The van der Waals surface area contributed by atoms with Gasteiger partial charge >= 0.3 is 0 Å². The van der Waals surface area contributed by atoms with Crippen molar-refractivity contribution in [3.05, 3.63) is 24.3 Å². The lowest BCUT2D eigenvalue weighted by atomic mass is 10.2. The minimum absolute atomic E-state index is 0.0479. The highest BCUT2D eigenvalue weighted by atomic mass is 16.6. The Morgan fingerprint density at radius 3 is 2.94 bits per heavy atom. The summed E-state index contributed by atoms with van der Waals surface area (Å²) in [4.78, 5) is 11.9. The molecule has 2 atom stereocenters. The number of hydrogen-bond donors (Lipinski definition) is 2. The molecule has 18 heavy (non-hydrogen) atoms. The van der Waals surface area contributed by atoms with Gasteiger partial charge < -0.3 is 19.9 Å². The van der Waals surface area contributed by atoms with Crippen molar-refractivity contribution in [1.82, 2.24) is 5.32 Å². The van der Waals surface area contributed by atoms with E-state index in [1.165, 1.54) is 0 Å². The van der Waals surface area contributed by atoms with Crippen molar-refractivity contribution in [2.24, 2.45) is 0 Å². The predicted molar refractivity (Wildman–Crippen MR) is 65.7 cm³/mol. The fourth-order valence-electron chi connectivity index (χ4n) is 1.75. The molecule has 1 aliphatic rings. The molecule has 0 radical (unpaired) electrons. The van der Waals surface area contributed by atoms with Gasteiger partial charge in [0.15, 0.2) is 11.5 Å². The number of aliphatic hydroxyl groups excluding tert-OH is 1. The van der Waals surface area contributed by atoms with E-state index in [-0.39, 0.29) is 25.2 Å². The van der Waals surface area contributed by atoms with Crippen LogP contribution in [-0.2, 0) is 4.79 Å². The second-order valence-corrected chi connectivity index (χ2v) is 4.29. The van der Waals surface area contributed by atoms with Crippen LogP contribution in [0.2, 0.25) is 0 Å². The van der Waals surface area contributed by atoms with Crippen molar-refractivity contribution in [2.45, 2.75) is 25.5 Å². The van der Waals surface area contributed by atoms with E-state index >= 15 is 0 Å². The van der Waals surface area contributed by atoms with Gasteiger partial charge in [-0.25, -0.2) is 0 Å². The number of para-hydroxylation sites is 2. The molecule has 98 valence electrons. The molecule has 0 aromatic heterocycles. The van der Waals surface area contributed by atoms with Gasteiger partial charge in [0.25, 0.3) is 5.91 Å². The molecule has 1 aliphatic heterocycles. The summed E-state index contributed by atoms with van der Waals surface area (Å²) < 4.78 is 11.0. The van der Waals surface area contributed by atoms with Crippen LogP contribution in [0.15, 0.2) is 24.3 Å². The highest BCUT2D eigenvalue weighted by Gasteiger charge is 2.27. The number of rotatable bonds is 4. The van der Waals surface area contributed by atoms with Crippen molar-refractivity contribution in [3.8, 4) is 11.5 Å². The van der Waals surface area contributed by atoms with Gasteiger partial charge in [-0.15, -0.1) is 0 Å². The quantitative estimate of drug-likeness (QED) is 0.827. The van der Waals surface area contributed by atoms with Crippen molar-refractivity contribution < 1.29 is 19.4 Å². The zero-order valence-electron chi connectivity index (χ0n) is 10.3. The number of carbonyl (C=O) groups excluding carboxylic acids is 1. The van der Waals surface area contributed by atoms with Crippen LogP contribution in [0.1, 0.15) is 13.3 Å². The van der Waals surface area contributed by atoms with Crippen LogP contribution in [0.3, 0.4) is 0 Å². The maximum atomic E-state index is 11.9. The maximum absolute atomic E-state index is 11.9. The molecular weight excluding hydrogens is 234 g/mol. The van der Waals surface area contributed by atoms with Crippen molar-refractivity contribution >= 4 is 5.91 Å². The lowest BCUT2D eigenvalue weighted by Gasteiger charge is -2.26. The Kier molecular flexibility index (Phi) is 4.04. The Hall–Kier alpha value is -1.75. The first kappa shape index (κ1) is 12.7. The van der Waals surface area contributed by atoms with Gasteiger partial charge in [0.1, 0.15) is 6.61 Å². The van der Waals surface area contributed by atoms with Gasteiger partial charge in [-0.2, -0.15) is 0 Å². The summed E-state index contributed by atoms with van der Waals surface area (Å²) in [6.07, 6.45) is -0.114. The zero-order valence-corrected chi connectivity index (χ0v) is 10.3. The Morgan fingerprint density at radius 2 is 2.22 bits per heavy atom.